The molecule has 1 unspecified atom stereocenters. The molecule has 4 aromatic rings. The van der Waals surface area contributed by atoms with Crippen LogP contribution in [-0.4, -0.2) is 26.0 Å². The van der Waals surface area contributed by atoms with Crippen molar-refractivity contribution >= 4 is 5.91 Å². The molecule has 2 aromatic heterocycles. The van der Waals surface area contributed by atoms with Gasteiger partial charge in [0.15, 0.2) is 0 Å². The summed E-state index contributed by atoms with van der Waals surface area (Å²) in [6, 6.07) is 23.8. The molecule has 3 heterocycles. The van der Waals surface area contributed by atoms with Crippen molar-refractivity contribution in [1.29, 1.82) is 0 Å². The van der Waals surface area contributed by atoms with Gasteiger partial charge in [-0.1, -0.05) is 66.7 Å². The van der Waals surface area contributed by atoms with Gasteiger partial charge in [0, 0.05) is 30.1 Å². The Morgan fingerprint density at radius 3 is 2.39 bits per heavy atom. The second-order valence-corrected chi connectivity index (χ2v) is 6.83. The number of hydrogen-bond donors (Lipinski definition) is 1. The fourth-order valence-corrected chi connectivity index (χ4v) is 3.85. The Labute approximate surface area is 162 Å². The minimum Gasteiger partial charge on any atom is -0.322 e. The summed E-state index contributed by atoms with van der Waals surface area (Å²) in [5.41, 5.74) is 5.39. The van der Waals surface area contributed by atoms with Crippen LogP contribution in [0.1, 0.15) is 33.2 Å². The Kier molecular flexibility index (Phi) is 3.98. The van der Waals surface area contributed by atoms with Crippen molar-refractivity contribution in [1.82, 2.24) is 20.1 Å². The lowest BCUT2D eigenvalue weighted by Gasteiger charge is -2.26. The van der Waals surface area contributed by atoms with Crippen molar-refractivity contribution in [2.45, 2.75) is 12.6 Å². The van der Waals surface area contributed by atoms with E-state index in [1.807, 2.05) is 65.6 Å². The van der Waals surface area contributed by atoms with E-state index in [0.29, 0.717) is 12.2 Å². The number of amides is 1. The van der Waals surface area contributed by atoms with Crippen molar-refractivity contribution in [2.75, 3.05) is 0 Å². The number of aromatic amines is 1. The number of aromatic nitrogens is 3. The van der Waals surface area contributed by atoms with E-state index >= 15 is 0 Å². The Balaban J connectivity index is 1.65. The highest BCUT2D eigenvalue weighted by atomic mass is 16.2. The number of pyridine rings is 1. The quantitative estimate of drug-likeness (QED) is 0.588. The summed E-state index contributed by atoms with van der Waals surface area (Å²) in [5.74, 6) is -0.0395. The van der Waals surface area contributed by atoms with Crippen LogP contribution in [0.15, 0.2) is 85.2 Å². The van der Waals surface area contributed by atoms with E-state index < -0.39 is 0 Å². The molecule has 1 N–H and O–H groups in total. The van der Waals surface area contributed by atoms with E-state index in [9.17, 15) is 4.79 Å². The lowest BCUT2D eigenvalue weighted by molar-refractivity contribution is 0.0730. The van der Waals surface area contributed by atoms with Crippen LogP contribution in [0.4, 0.5) is 0 Å². The predicted molar refractivity (Wildman–Crippen MR) is 106 cm³/mol. The molecule has 0 fully saturated rings. The summed E-state index contributed by atoms with van der Waals surface area (Å²) in [6.45, 7) is 0.489. The highest BCUT2D eigenvalue weighted by molar-refractivity contribution is 6.00. The van der Waals surface area contributed by atoms with Crippen LogP contribution in [0, 0.1) is 0 Å². The topological polar surface area (TPSA) is 61.9 Å². The van der Waals surface area contributed by atoms with Crippen LogP contribution >= 0.6 is 0 Å². The maximum Gasteiger partial charge on any atom is 0.273 e. The smallest absolute Gasteiger partial charge is 0.273 e. The first-order valence-corrected chi connectivity index (χ1v) is 9.21. The summed E-state index contributed by atoms with van der Waals surface area (Å²) in [6.07, 6.45) is 3.54. The molecular formula is C23H18N4O. The molecule has 0 saturated carbocycles. The van der Waals surface area contributed by atoms with Gasteiger partial charge in [-0.05, 0) is 17.2 Å². The van der Waals surface area contributed by atoms with E-state index in [4.69, 9.17) is 0 Å². The first kappa shape index (κ1) is 16.4. The van der Waals surface area contributed by atoms with E-state index in [0.717, 1.165) is 27.9 Å². The standard InChI is InChI=1S/C23H18N4O/c28-23-21-19(20(25-26-21)17-9-3-1-4-10-17)22(18-11-5-2-6-12-18)27(23)15-16-8-7-13-24-14-16/h1-14,22H,15H2,(H,25,26). The number of rotatable bonds is 4. The van der Waals surface area contributed by atoms with Gasteiger partial charge in [-0.3, -0.25) is 14.9 Å². The third-order valence-corrected chi connectivity index (χ3v) is 5.10. The van der Waals surface area contributed by atoms with E-state index in [2.05, 4.69) is 27.3 Å². The molecule has 5 heteroatoms. The maximum atomic E-state index is 13.3. The molecule has 1 atom stereocenters. The molecule has 0 spiro atoms. The largest absolute Gasteiger partial charge is 0.322 e. The SMILES string of the molecule is O=C1c2[nH]nc(-c3ccccc3)c2C(c2ccccc2)N1Cc1cccnc1. The maximum absolute atomic E-state index is 13.3. The van der Waals surface area contributed by atoms with Gasteiger partial charge in [-0.2, -0.15) is 5.10 Å². The summed E-state index contributed by atoms with van der Waals surface area (Å²) < 4.78 is 0. The molecule has 5 nitrogen and oxygen atoms in total. The average molecular weight is 366 g/mol. The molecule has 0 aliphatic carbocycles. The van der Waals surface area contributed by atoms with Crippen LogP contribution in [0.25, 0.3) is 11.3 Å². The third-order valence-electron chi connectivity index (χ3n) is 5.10. The number of nitrogens with zero attached hydrogens (tertiary/aromatic N) is 3. The van der Waals surface area contributed by atoms with Crippen LogP contribution in [0.3, 0.4) is 0 Å². The predicted octanol–water partition coefficient (Wildman–Crippen LogP) is 4.22. The average Bonchev–Trinajstić information content (AvgIpc) is 3.30. The highest BCUT2D eigenvalue weighted by Gasteiger charge is 2.42. The Hall–Kier alpha value is -3.73. The number of nitrogens with one attached hydrogen (secondary N) is 1. The van der Waals surface area contributed by atoms with Gasteiger partial charge in [-0.25, -0.2) is 0 Å². The number of carbonyl (C=O) groups is 1. The third kappa shape index (κ3) is 2.68. The minimum absolute atomic E-state index is 0.0395. The van der Waals surface area contributed by atoms with Gasteiger partial charge in [0.25, 0.3) is 5.91 Å². The molecule has 0 saturated heterocycles. The molecule has 0 bridgehead atoms. The molecule has 5 rings (SSSR count). The van der Waals surface area contributed by atoms with Crippen LogP contribution < -0.4 is 0 Å². The highest BCUT2D eigenvalue weighted by Crippen LogP contribution is 2.43. The summed E-state index contributed by atoms with van der Waals surface area (Å²) in [7, 11) is 0. The number of benzene rings is 2. The molecule has 1 amide bonds. The van der Waals surface area contributed by atoms with E-state index in [1.54, 1.807) is 12.4 Å². The summed E-state index contributed by atoms with van der Waals surface area (Å²) in [5, 5.41) is 7.48. The normalized spacial score (nSPS) is 15.6. The van der Waals surface area contributed by atoms with Crippen molar-refractivity contribution < 1.29 is 4.79 Å². The van der Waals surface area contributed by atoms with E-state index in [-0.39, 0.29) is 11.9 Å². The Morgan fingerprint density at radius 1 is 0.929 bits per heavy atom. The van der Waals surface area contributed by atoms with Crippen LogP contribution in [-0.2, 0) is 6.54 Å². The van der Waals surface area contributed by atoms with Crippen molar-refractivity contribution in [3.63, 3.8) is 0 Å². The zero-order valence-corrected chi connectivity index (χ0v) is 15.1. The van der Waals surface area contributed by atoms with Gasteiger partial charge in [0.2, 0.25) is 0 Å². The zero-order chi connectivity index (χ0) is 18.9. The lowest BCUT2D eigenvalue weighted by Crippen LogP contribution is -2.29. The van der Waals surface area contributed by atoms with Crippen molar-refractivity contribution in [3.8, 4) is 11.3 Å². The number of fused-ring (bicyclic) bond motifs is 1. The van der Waals surface area contributed by atoms with Crippen LogP contribution in [0.5, 0.6) is 0 Å². The minimum atomic E-state index is -0.196. The lowest BCUT2D eigenvalue weighted by atomic mass is 9.96. The molecular weight excluding hydrogens is 348 g/mol. The molecule has 28 heavy (non-hydrogen) atoms. The van der Waals surface area contributed by atoms with Gasteiger partial charge >= 0.3 is 0 Å². The molecule has 136 valence electrons. The zero-order valence-electron chi connectivity index (χ0n) is 15.1. The first-order valence-electron chi connectivity index (χ1n) is 9.21. The Bertz CT molecular complexity index is 1110. The first-order chi connectivity index (χ1) is 13.8. The van der Waals surface area contributed by atoms with Gasteiger partial charge in [0.05, 0.1) is 11.7 Å². The summed E-state index contributed by atoms with van der Waals surface area (Å²) in [4.78, 5) is 19.3. The molecule has 1 aliphatic heterocycles. The number of H-pyrrole nitrogens is 1. The summed E-state index contributed by atoms with van der Waals surface area (Å²) >= 11 is 0. The van der Waals surface area contributed by atoms with Crippen molar-refractivity contribution in [3.05, 3.63) is 108 Å². The van der Waals surface area contributed by atoms with Gasteiger partial charge in [0.1, 0.15) is 5.69 Å². The molecule has 2 aromatic carbocycles. The monoisotopic (exact) mass is 366 g/mol. The number of carbonyl (C=O) groups excluding carboxylic acids is 1. The van der Waals surface area contributed by atoms with Gasteiger partial charge in [-0.15, -0.1) is 0 Å². The second kappa shape index (κ2) is 6.78. The fourth-order valence-electron chi connectivity index (χ4n) is 3.85. The molecule has 0 radical (unpaired) electrons. The van der Waals surface area contributed by atoms with Crippen molar-refractivity contribution in [2.24, 2.45) is 0 Å². The second-order valence-electron chi connectivity index (χ2n) is 6.83. The Morgan fingerprint density at radius 2 is 1.68 bits per heavy atom. The fraction of sp³-hybridized carbons (Fsp3) is 0.0870. The van der Waals surface area contributed by atoms with E-state index in [1.165, 1.54) is 0 Å². The van der Waals surface area contributed by atoms with Gasteiger partial charge < -0.3 is 4.90 Å². The number of hydrogen-bond acceptors (Lipinski definition) is 3. The van der Waals surface area contributed by atoms with Crippen LogP contribution in [0.2, 0.25) is 0 Å². The molecule has 1 aliphatic rings.